The first-order valence-corrected chi connectivity index (χ1v) is 27.3. The summed E-state index contributed by atoms with van der Waals surface area (Å²) in [5.74, 6) is -1.21. The van der Waals surface area contributed by atoms with Crippen LogP contribution < -0.4 is 37.1 Å². The van der Waals surface area contributed by atoms with Crippen LogP contribution in [0.1, 0.15) is 127 Å². The fourth-order valence-corrected chi connectivity index (χ4v) is 11.3. The molecule has 2 aliphatic heterocycles. The summed E-state index contributed by atoms with van der Waals surface area (Å²) >= 11 is 0. The Labute approximate surface area is 452 Å². The zero-order valence-electron chi connectivity index (χ0n) is 45.0. The highest BCUT2D eigenvalue weighted by atomic mass is 16.5. The summed E-state index contributed by atoms with van der Waals surface area (Å²) in [6.07, 6.45) is 6.23. The highest BCUT2D eigenvalue weighted by Crippen LogP contribution is 2.33. The molecule has 2 aliphatic carbocycles. The molecule has 0 radical (unpaired) electrons. The highest BCUT2D eigenvalue weighted by molar-refractivity contribution is 5.96. The second-order valence-corrected chi connectivity index (χ2v) is 22.4. The van der Waals surface area contributed by atoms with E-state index in [1.165, 1.54) is 11.1 Å². The molecule has 77 heavy (non-hydrogen) atoms. The van der Waals surface area contributed by atoms with Gasteiger partial charge in [0.05, 0.1) is 24.2 Å². The number of nitrogens with two attached hydrogens (primary N) is 1. The van der Waals surface area contributed by atoms with Gasteiger partial charge in [-0.1, -0.05) is 118 Å². The van der Waals surface area contributed by atoms with Crippen molar-refractivity contribution in [3.8, 4) is 5.75 Å². The second-order valence-electron chi connectivity index (χ2n) is 22.4. The summed E-state index contributed by atoms with van der Waals surface area (Å²) in [5.41, 5.74) is 14.6. The molecule has 0 saturated carbocycles. The average molecular weight is 1040 g/mol. The Hall–Kier alpha value is -7.36. The molecule has 8 atom stereocenters. The van der Waals surface area contributed by atoms with Crippen LogP contribution >= 0.6 is 0 Å². The molecule has 2 heterocycles. The number of ether oxygens (including phenoxy) is 1. The predicted molar refractivity (Wildman–Crippen MR) is 295 cm³/mol. The van der Waals surface area contributed by atoms with Gasteiger partial charge < -0.3 is 46.9 Å². The number of carbonyl (C=O) groups excluding carboxylic acids is 6. The normalized spacial score (nSPS) is 21.0. The number of nitrogens with zero attached hydrogens (tertiary/aromatic N) is 2. The van der Waals surface area contributed by atoms with Gasteiger partial charge in [-0.2, -0.15) is 0 Å². The number of amides is 6. The van der Waals surface area contributed by atoms with Crippen LogP contribution in [0.25, 0.3) is 0 Å². The van der Waals surface area contributed by atoms with Crippen molar-refractivity contribution in [1.29, 1.82) is 0 Å². The lowest BCUT2D eigenvalue weighted by atomic mass is 9.86. The number of hydrogen-bond acceptors (Lipinski definition) is 9. The van der Waals surface area contributed by atoms with Crippen molar-refractivity contribution < 1.29 is 33.5 Å². The minimum Gasteiger partial charge on any atom is -0.489 e. The van der Waals surface area contributed by atoms with Gasteiger partial charge in [0, 0.05) is 37.5 Å². The molecule has 4 aliphatic rings. The molecule has 6 amide bonds. The van der Waals surface area contributed by atoms with Crippen molar-refractivity contribution in [2.75, 3.05) is 13.6 Å². The zero-order valence-corrected chi connectivity index (χ0v) is 45.0. The standard InChI is InChI=1S/C62H74N8O7/c1-38(64-5)56(71)68-52(60(75)69-35-45-17-7-6-16-44(45)33-53(69)58(73)66-50-22-12-18-41-14-8-10-20-48(41)50)32-39-26-30-47(31-27-39)77-37-40-24-28-43(29-25-40)57(72)65-46-34-54(70(36-46)61(76)55(63)62(2,3)4)59(74)67-51-23-13-19-42-15-9-11-21-49(42)51/h6-11,14-17,20-21,24-31,38,46,50-55,64H,12-13,18-19,22-23,32-37,63H2,1-5H3,(H,65,72)(H,66,73)(H,67,74)(H,68,71)/t38-,46-,50+,51+,52-,53-,54-,55?/m0/s1. The van der Waals surface area contributed by atoms with Crippen LogP contribution in [0.2, 0.25) is 0 Å². The van der Waals surface area contributed by atoms with E-state index in [0.29, 0.717) is 17.7 Å². The molecule has 5 aromatic rings. The Morgan fingerprint density at radius 3 is 1.82 bits per heavy atom. The number of likely N-dealkylation sites (tertiary alicyclic amines) is 1. The molecule has 0 aromatic heterocycles. The second kappa shape index (κ2) is 23.9. The van der Waals surface area contributed by atoms with Crippen LogP contribution in [0, 0.1) is 5.41 Å². The Morgan fingerprint density at radius 2 is 1.22 bits per heavy atom. The van der Waals surface area contributed by atoms with E-state index in [2.05, 4.69) is 50.8 Å². The SMILES string of the molecule is CN[C@@H](C)C(=O)N[C@@H](Cc1ccc(OCc2ccc(C(=O)N[C@H]3C[C@@H](C(=O)N[C@@H]4CCCc5ccccc54)N(C(=O)C(N)C(C)(C)C)C3)cc2)cc1)C(=O)N1Cc2ccccc2C[C@H]1C(=O)N[C@@H]1CCCc2ccccc21. The van der Waals surface area contributed by atoms with Gasteiger partial charge in [-0.3, -0.25) is 28.8 Å². The van der Waals surface area contributed by atoms with Gasteiger partial charge >= 0.3 is 0 Å². The van der Waals surface area contributed by atoms with Crippen molar-refractivity contribution in [2.45, 2.75) is 147 Å². The summed E-state index contributed by atoms with van der Waals surface area (Å²) in [5, 5.41) is 15.6. The molecule has 15 heteroatoms. The number of carbonyl (C=O) groups is 6. The van der Waals surface area contributed by atoms with Gasteiger partial charge in [0.2, 0.25) is 29.5 Å². The molecule has 0 spiro atoms. The maximum Gasteiger partial charge on any atom is 0.251 e. The monoisotopic (exact) mass is 1040 g/mol. The van der Waals surface area contributed by atoms with E-state index in [9.17, 15) is 28.8 Å². The number of fused-ring (bicyclic) bond motifs is 3. The first-order valence-electron chi connectivity index (χ1n) is 27.3. The van der Waals surface area contributed by atoms with E-state index in [-0.39, 0.29) is 80.1 Å². The van der Waals surface area contributed by atoms with Crippen molar-refractivity contribution in [1.82, 2.24) is 36.4 Å². The van der Waals surface area contributed by atoms with Crippen molar-refractivity contribution in [2.24, 2.45) is 11.1 Å². The van der Waals surface area contributed by atoms with Gasteiger partial charge in [0.15, 0.2) is 0 Å². The minimum absolute atomic E-state index is 0.155. The number of hydrogen-bond donors (Lipinski definition) is 6. The third-order valence-electron chi connectivity index (χ3n) is 16.1. The number of aryl methyl sites for hydroxylation is 2. The lowest BCUT2D eigenvalue weighted by Crippen LogP contribution is -2.59. The quantitative estimate of drug-likeness (QED) is 0.0654. The minimum atomic E-state index is -0.968. The van der Waals surface area contributed by atoms with E-state index in [1.54, 1.807) is 35.9 Å². The Kier molecular flexibility index (Phi) is 16.9. The molecule has 9 rings (SSSR count). The van der Waals surface area contributed by atoms with Crippen LogP contribution in [-0.2, 0) is 62.8 Å². The van der Waals surface area contributed by atoms with Gasteiger partial charge in [-0.05, 0) is 133 Å². The smallest absolute Gasteiger partial charge is 0.251 e. The van der Waals surface area contributed by atoms with Crippen LogP contribution in [-0.4, -0.2) is 95.1 Å². The summed E-state index contributed by atoms with van der Waals surface area (Å²) in [7, 11) is 1.69. The van der Waals surface area contributed by atoms with E-state index < -0.39 is 41.7 Å². The van der Waals surface area contributed by atoms with Gasteiger partial charge in [-0.25, -0.2) is 0 Å². The van der Waals surface area contributed by atoms with Crippen molar-refractivity contribution >= 4 is 35.4 Å². The van der Waals surface area contributed by atoms with Crippen LogP contribution in [0.4, 0.5) is 0 Å². The molecule has 5 aromatic carbocycles. The third-order valence-corrected chi connectivity index (χ3v) is 16.1. The summed E-state index contributed by atoms with van der Waals surface area (Å²) < 4.78 is 6.17. The van der Waals surface area contributed by atoms with Gasteiger partial charge in [0.1, 0.15) is 30.5 Å². The first kappa shape index (κ1) is 54.4. The lowest BCUT2D eigenvalue weighted by Gasteiger charge is -2.39. The molecule has 7 N–H and O–H groups in total. The summed E-state index contributed by atoms with van der Waals surface area (Å²) in [6, 6.07) is 33.9. The Balaban J connectivity index is 0.829. The lowest BCUT2D eigenvalue weighted by molar-refractivity contribution is -0.145. The fourth-order valence-electron chi connectivity index (χ4n) is 11.3. The Morgan fingerprint density at radius 1 is 0.662 bits per heavy atom. The molecule has 15 nitrogen and oxygen atoms in total. The number of benzene rings is 5. The third kappa shape index (κ3) is 12.7. The molecule has 404 valence electrons. The fraction of sp³-hybridized carbons (Fsp3) is 0.419. The van der Waals surface area contributed by atoms with Crippen LogP contribution in [0.3, 0.4) is 0 Å². The highest BCUT2D eigenvalue weighted by Gasteiger charge is 2.45. The maximum absolute atomic E-state index is 14.9. The molecular weight excluding hydrogens is 969 g/mol. The largest absolute Gasteiger partial charge is 0.489 e. The van der Waals surface area contributed by atoms with Gasteiger partial charge in [0.25, 0.3) is 5.91 Å². The van der Waals surface area contributed by atoms with Crippen LogP contribution in [0.5, 0.6) is 5.75 Å². The van der Waals surface area contributed by atoms with E-state index in [0.717, 1.165) is 71.9 Å². The van der Waals surface area contributed by atoms with E-state index in [4.69, 9.17) is 10.5 Å². The van der Waals surface area contributed by atoms with E-state index in [1.807, 2.05) is 106 Å². The predicted octanol–water partition coefficient (Wildman–Crippen LogP) is 6.31. The molecule has 1 saturated heterocycles. The van der Waals surface area contributed by atoms with E-state index >= 15 is 0 Å². The summed E-state index contributed by atoms with van der Waals surface area (Å²) in [4.78, 5) is 87.6. The zero-order chi connectivity index (χ0) is 54.4. The molecular formula is C62H74N8O7. The average Bonchev–Trinajstić information content (AvgIpc) is 3.87. The Bertz CT molecular complexity index is 2960. The number of nitrogens with one attached hydrogen (secondary N) is 5. The molecule has 1 unspecified atom stereocenters. The molecule has 0 bridgehead atoms. The van der Waals surface area contributed by atoms with Crippen molar-refractivity contribution in [3.63, 3.8) is 0 Å². The van der Waals surface area contributed by atoms with Crippen LogP contribution in [0.15, 0.2) is 121 Å². The number of rotatable bonds is 16. The topological polar surface area (TPSA) is 204 Å². The number of likely N-dealkylation sites (N-methyl/N-ethyl adjacent to an activating group) is 1. The van der Waals surface area contributed by atoms with Gasteiger partial charge in [-0.15, -0.1) is 0 Å². The maximum atomic E-state index is 14.9. The van der Waals surface area contributed by atoms with Crippen molar-refractivity contribution in [3.05, 3.63) is 171 Å². The molecule has 1 fully saturated rings. The first-order chi connectivity index (χ1) is 37.0. The summed E-state index contributed by atoms with van der Waals surface area (Å²) in [6.45, 7) is 8.02.